The van der Waals surface area contributed by atoms with E-state index in [2.05, 4.69) is 81.7 Å². The lowest BCUT2D eigenvalue weighted by molar-refractivity contribution is 0.223. The van der Waals surface area contributed by atoms with Crippen molar-refractivity contribution < 1.29 is 0 Å². The zero-order chi connectivity index (χ0) is 24.8. The molecule has 0 aromatic carbocycles. The van der Waals surface area contributed by atoms with Crippen molar-refractivity contribution in [2.24, 2.45) is 29.6 Å². The van der Waals surface area contributed by atoms with Crippen LogP contribution in [0.25, 0.3) is 0 Å². The first-order chi connectivity index (χ1) is 15.7. The first-order valence-corrected chi connectivity index (χ1v) is 16.5. The number of hydrogen-bond acceptors (Lipinski definition) is 2. The lowest BCUT2D eigenvalue weighted by Gasteiger charge is -2.34. The molecule has 1 N–H and O–H groups in total. The second-order valence-corrected chi connectivity index (χ2v) is 14.3. The van der Waals surface area contributed by atoms with Gasteiger partial charge in [0.1, 0.15) is 0 Å². The topological polar surface area (TPSA) is 12.0 Å². The van der Waals surface area contributed by atoms with Crippen LogP contribution in [0.1, 0.15) is 132 Å². The summed E-state index contributed by atoms with van der Waals surface area (Å²) in [6.07, 6.45) is 16.7. The minimum absolute atomic E-state index is 0.671. The van der Waals surface area contributed by atoms with Crippen molar-refractivity contribution in [3.05, 3.63) is 0 Å². The van der Waals surface area contributed by atoms with Gasteiger partial charge >= 0.3 is 0 Å². The maximum Gasteiger partial charge on any atom is 0.00528 e. The number of thioether (sulfide) groups is 1. The molecule has 0 spiro atoms. The van der Waals surface area contributed by atoms with E-state index < -0.39 is 0 Å². The van der Waals surface area contributed by atoms with Crippen LogP contribution < -0.4 is 5.32 Å². The third-order valence-corrected chi connectivity index (χ3v) is 11.8. The summed E-state index contributed by atoms with van der Waals surface area (Å²) in [5.74, 6) is 4.21. The normalized spacial score (nSPS) is 25.4. The van der Waals surface area contributed by atoms with Crippen molar-refractivity contribution in [1.29, 1.82) is 0 Å². The predicted molar refractivity (Wildman–Crippen MR) is 159 cm³/mol. The molecule has 10 unspecified atom stereocenters. The van der Waals surface area contributed by atoms with E-state index in [9.17, 15) is 0 Å². The van der Waals surface area contributed by atoms with E-state index in [4.69, 9.17) is 0 Å². The van der Waals surface area contributed by atoms with Crippen LogP contribution in [-0.2, 0) is 0 Å². The molecule has 0 aromatic rings. The lowest BCUT2D eigenvalue weighted by atomic mass is 9.76. The van der Waals surface area contributed by atoms with Crippen LogP contribution in [-0.4, -0.2) is 28.7 Å². The second-order valence-electron chi connectivity index (χ2n) is 11.8. The zero-order valence-corrected chi connectivity index (χ0v) is 25.8. The Morgan fingerprint density at radius 2 is 1.55 bits per heavy atom. The van der Waals surface area contributed by atoms with Crippen LogP contribution in [0.2, 0.25) is 0 Å². The molecule has 198 valence electrons. The largest absolute Gasteiger partial charge is 0.314 e. The highest BCUT2D eigenvalue weighted by molar-refractivity contribution is 8.00. The highest BCUT2D eigenvalue weighted by Gasteiger charge is 2.31. The average Bonchev–Trinajstić information content (AvgIpc) is 3.26. The van der Waals surface area contributed by atoms with Gasteiger partial charge in [0.2, 0.25) is 0 Å². The Morgan fingerprint density at radius 1 is 0.848 bits per heavy atom. The van der Waals surface area contributed by atoms with E-state index in [1.54, 1.807) is 0 Å². The van der Waals surface area contributed by atoms with Crippen LogP contribution in [0.5, 0.6) is 0 Å². The fraction of sp³-hybridized carbons (Fsp3) is 1.00. The van der Waals surface area contributed by atoms with Crippen molar-refractivity contribution in [3.8, 4) is 0 Å². The Bertz CT molecular complexity index is 472. The Kier molecular flexibility index (Phi) is 17.4. The summed E-state index contributed by atoms with van der Waals surface area (Å²) in [5, 5.41) is 5.54. The third-order valence-electron chi connectivity index (χ3n) is 9.21. The van der Waals surface area contributed by atoms with Gasteiger partial charge in [0, 0.05) is 16.5 Å². The van der Waals surface area contributed by atoms with E-state index >= 15 is 0 Å². The monoisotopic (exact) mass is 499 g/mol. The molecular formula is C30H62NPS. The van der Waals surface area contributed by atoms with Gasteiger partial charge in [-0.3, -0.25) is 0 Å². The van der Waals surface area contributed by atoms with E-state index in [0.717, 1.165) is 45.7 Å². The van der Waals surface area contributed by atoms with Crippen molar-refractivity contribution in [2.45, 2.75) is 155 Å². The van der Waals surface area contributed by atoms with E-state index in [1.165, 1.54) is 83.6 Å². The van der Waals surface area contributed by atoms with Gasteiger partial charge in [0.25, 0.3) is 0 Å². The Labute approximate surface area is 216 Å². The summed E-state index contributed by atoms with van der Waals surface area (Å²) in [6.45, 7) is 20.7. The molecule has 0 bridgehead atoms. The number of rotatable bonds is 19. The molecule has 0 aliphatic carbocycles. The molecular weight excluding hydrogens is 437 g/mol. The van der Waals surface area contributed by atoms with Crippen molar-refractivity contribution in [2.75, 3.05) is 6.54 Å². The molecule has 1 aliphatic heterocycles. The van der Waals surface area contributed by atoms with Crippen LogP contribution in [0, 0.1) is 29.6 Å². The van der Waals surface area contributed by atoms with E-state index in [1.807, 2.05) is 0 Å². The smallest absolute Gasteiger partial charge is 0.00528 e. The predicted octanol–water partition coefficient (Wildman–Crippen LogP) is 9.59. The molecule has 1 saturated heterocycles. The molecule has 1 heterocycles. The Balaban J connectivity index is 2.38. The minimum Gasteiger partial charge on any atom is -0.314 e. The highest BCUT2D eigenvalue weighted by atomic mass is 32.2. The van der Waals surface area contributed by atoms with Crippen molar-refractivity contribution in [1.82, 2.24) is 5.32 Å². The van der Waals surface area contributed by atoms with Gasteiger partial charge in [-0.2, -0.15) is 11.8 Å². The second kappa shape index (κ2) is 18.1. The maximum atomic E-state index is 3.65. The first-order valence-electron chi connectivity index (χ1n) is 14.9. The van der Waals surface area contributed by atoms with Crippen LogP contribution >= 0.6 is 21.0 Å². The van der Waals surface area contributed by atoms with Crippen LogP contribution in [0.15, 0.2) is 0 Å². The molecule has 0 aromatic heterocycles. The van der Waals surface area contributed by atoms with Gasteiger partial charge in [-0.25, -0.2) is 0 Å². The molecule has 1 aliphatic rings. The zero-order valence-electron chi connectivity index (χ0n) is 23.9. The summed E-state index contributed by atoms with van der Waals surface area (Å²) in [5.41, 5.74) is 0.760. The van der Waals surface area contributed by atoms with Crippen LogP contribution in [0.4, 0.5) is 0 Å². The van der Waals surface area contributed by atoms with E-state index in [-0.39, 0.29) is 0 Å². The van der Waals surface area contributed by atoms with Gasteiger partial charge < -0.3 is 5.32 Å². The van der Waals surface area contributed by atoms with Crippen LogP contribution in [0.3, 0.4) is 0 Å². The molecule has 0 amide bonds. The maximum absolute atomic E-state index is 3.65. The molecule has 3 heteroatoms. The number of hydrogen-bond donors (Lipinski definition) is 1. The van der Waals surface area contributed by atoms with Gasteiger partial charge in [0.15, 0.2) is 0 Å². The minimum atomic E-state index is 0.671. The summed E-state index contributed by atoms with van der Waals surface area (Å²) in [6, 6.07) is 0.671. The summed E-state index contributed by atoms with van der Waals surface area (Å²) >= 11 is 2.34. The standard InChI is InChI=1S/C30H62NPS/c1-9-12-16-28-17-18-29(33-28)20-23(5)25(7)26(8)30(32)21-27(11-3)22(4)15-13-14-19-31-24(6)10-2/h22-31H,9-21,32H2,1-8H3. The molecule has 0 saturated carbocycles. The SMILES string of the molecule is CCCCC1CCC(CC(C)C(C)C(C)C(P)CC(CC)C(C)CCCCNC(C)CC)S1. The summed E-state index contributed by atoms with van der Waals surface area (Å²) < 4.78 is 0. The number of unbranched alkanes of at least 4 members (excludes halogenated alkanes) is 2. The number of nitrogens with one attached hydrogen (secondary N) is 1. The van der Waals surface area contributed by atoms with Gasteiger partial charge in [0.05, 0.1) is 0 Å². The quantitative estimate of drug-likeness (QED) is 0.140. The highest BCUT2D eigenvalue weighted by Crippen LogP contribution is 2.42. The lowest BCUT2D eigenvalue weighted by Crippen LogP contribution is -2.28. The van der Waals surface area contributed by atoms with Crippen molar-refractivity contribution in [3.63, 3.8) is 0 Å². The molecule has 0 radical (unpaired) electrons. The average molecular weight is 500 g/mol. The summed E-state index contributed by atoms with van der Waals surface area (Å²) in [4.78, 5) is 0. The van der Waals surface area contributed by atoms with E-state index in [0.29, 0.717) is 6.04 Å². The fourth-order valence-corrected chi connectivity index (χ4v) is 8.33. The fourth-order valence-electron chi connectivity index (χ4n) is 5.82. The molecule has 1 nitrogen and oxygen atoms in total. The van der Waals surface area contributed by atoms with Gasteiger partial charge in [-0.1, -0.05) is 80.6 Å². The molecule has 33 heavy (non-hydrogen) atoms. The Hall–Kier alpha value is 0.740. The molecule has 10 atom stereocenters. The Morgan fingerprint density at radius 3 is 2.18 bits per heavy atom. The first kappa shape index (κ1) is 31.8. The molecule has 1 fully saturated rings. The van der Waals surface area contributed by atoms with Gasteiger partial charge in [-0.05, 0) is 93.7 Å². The molecule has 1 rings (SSSR count). The van der Waals surface area contributed by atoms with Crippen molar-refractivity contribution >= 4 is 21.0 Å². The summed E-state index contributed by atoms with van der Waals surface area (Å²) in [7, 11) is 3.28. The van der Waals surface area contributed by atoms with Gasteiger partial charge in [-0.15, -0.1) is 9.24 Å². The third kappa shape index (κ3) is 12.5.